The average Bonchev–Trinajstić information content (AvgIpc) is 2.73. The third-order valence-electron chi connectivity index (χ3n) is 3.08. The van der Waals surface area contributed by atoms with E-state index in [9.17, 15) is 14.4 Å². The van der Waals surface area contributed by atoms with E-state index in [4.69, 9.17) is 11.6 Å². The van der Waals surface area contributed by atoms with Crippen molar-refractivity contribution in [1.29, 1.82) is 0 Å². The van der Waals surface area contributed by atoms with Gasteiger partial charge in [-0.1, -0.05) is 17.7 Å². The Balaban J connectivity index is 1.74. The highest BCUT2D eigenvalue weighted by molar-refractivity contribution is 6.31. The van der Waals surface area contributed by atoms with Gasteiger partial charge in [-0.3, -0.25) is 14.9 Å². The number of carbonyl (C=O) groups is 3. The number of carbonyl (C=O) groups excluding carboxylic acids is 3. The van der Waals surface area contributed by atoms with E-state index in [0.29, 0.717) is 22.0 Å². The second-order valence-electron chi connectivity index (χ2n) is 4.63. The SMILES string of the molecule is O=C(Nc1cccc(Cl)c1)Nc1ccc2c(c1)C(=O)NC2=O. The van der Waals surface area contributed by atoms with Crippen LogP contribution in [0.3, 0.4) is 0 Å². The molecule has 0 saturated carbocycles. The third-order valence-corrected chi connectivity index (χ3v) is 3.31. The summed E-state index contributed by atoms with van der Waals surface area (Å²) in [4.78, 5) is 34.9. The molecule has 0 saturated heterocycles. The number of fused-ring (bicyclic) bond motifs is 1. The predicted molar refractivity (Wildman–Crippen MR) is 82.3 cm³/mol. The van der Waals surface area contributed by atoms with Crippen molar-refractivity contribution in [2.45, 2.75) is 0 Å². The summed E-state index contributed by atoms with van der Waals surface area (Å²) in [5.41, 5.74) is 1.48. The van der Waals surface area contributed by atoms with Crippen molar-refractivity contribution in [1.82, 2.24) is 5.32 Å². The number of imide groups is 1. The Kier molecular flexibility index (Phi) is 3.52. The Hall–Kier alpha value is -2.86. The zero-order valence-electron chi connectivity index (χ0n) is 11.1. The number of hydrogen-bond acceptors (Lipinski definition) is 3. The number of urea groups is 1. The van der Waals surface area contributed by atoms with Crippen LogP contribution in [0.25, 0.3) is 0 Å². The molecule has 2 aromatic carbocycles. The fourth-order valence-corrected chi connectivity index (χ4v) is 2.30. The van der Waals surface area contributed by atoms with E-state index in [-0.39, 0.29) is 5.56 Å². The summed E-state index contributed by atoms with van der Waals surface area (Å²) in [5, 5.41) is 7.90. The van der Waals surface area contributed by atoms with Crippen molar-refractivity contribution in [2.24, 2.45) is 0 Å². The molecule has 1 aliphatic rings. The molecule has 7 heteroatoms. The van der Waals surface area contributed by atoms with Gasteiger partial charge in [-0.15, -0.1) is 0 Å². The molecule has 110 valence electrons. The van der Waals surface area contributed by atoms with Crippen molar-refractivity contribution >= 4 is 40.8 Å². The normalized spacial score (nSPS) is 12.6. The molecule has 0 bridgehead atoms. The molecule has 3 N–H and O–H groups in total. The second kappa shape index (κ2) is 5.50. The monoisotopic (exact) mass is 315 g/mol. The molecule has 0 radical (unpaired) electrons. The lowest BCUT2D eigenvalue weighted by molar-refractivity contribution is 0.0879. The standard InChI is InChI=1S/C15H10ClN3O3/c16-8-2-1-3-9(6-8)17-15(22)18-10-4-5-11-12(7-10)14(21)19-13(11)20/h1-7H,(H2,17,18,22)(H,19,20,21). The lowest BCUT2D eigenvalue weighted by atomic mass is 10.1. The summed E-state index contributed by atoms with van der Waals surface area (Å²) >= 11 is 5.83. The van der Waals surface area contributed by atoms with Gasteiger partial charge >= 0.3 is 6.03 Å². The first-order chi connectivity index (χ1) is 10.5. The number of benzene rings is 2. The maximum atomic E-state index is 11.9. The number of anilines is 2. The molecule has 0 fully saturated rings. The largest absolute Gasteiger partial charge is 0.323 e. The van der Waals surface area contributed by atoms with Crippen LogP contribution < -0.4 is 16.0 Å². The Morgan fingerprint density at radius 3 is 2.32 bits per heavy atom. The maximum absolute atomic E-state index is 11.9. The number of hydrogen-bond donors (Lipinski definition) is 3. The molecular weight excluding hydrogens is 306 g/mol. The van der Waals surface area contributed by atoms with Crippen LogP contribution in [-0.4, -0.2) is 17.8 Å². The van der Waals surface area contributed by atoms with Crippen LogP contribution in [0.2, 0.25) is 5.02 Å². The van der Waals surface area contributed by atoms with E-state index in [1.807, 2.05) is 0 Å². The zero-order valence-corrected chi connectivity index (χ0v) is 11.9. The molecule has 6 nitrogen and oxygen atoms in total. The van der Waals surface area contributed by atoms with Gasteiger partial charge in [0.05, 0.1) is 11.1 Å². The predicted octanol–water partition coefficient (Wildman–Crippen LogP) is 2.87. The molecule has 1 heterocycles. The average molecular weight is 316 g/mol. The van der Waals surface area contributed by atoms with Gasteiger partial charge in [0, 0.05) is 16.4 Å². The fraction of sp³-hybridized carbons (Fsp3) is 0. The number of amides is 4. The number of rotatable bonds is 2. The van der Waals surface area contributed by atoms with Crippen molar-refractivity contribution in [3.8, 4) is 0 Å². The topological polar surface area (TPSA) is 87.3 Å². The molecule has 2 aromatic rings. The van der Waals surface area contributed by atoms with Gasteiger partial charge in [0.15, 0.2) is 0 Å². The van der Waals surface area contributed by atoms with Gasteiger partial charge in [-0.25, -0.2) is 4.79 Å². The highest BCUT2D eigenvalue weighted by Crippen LogP contribution is 2.21. The number of halogens is 1. The Morgan fingerprint density at radius 1 is 0.909 bits per heavy atom. The van der Waals surface area contributed by atoms with Gasteiger partial charge in [-0.2, -0.15) is 0 Å². The molecule has 0 spiro atoms. The molecule has 0 aromatic heterocycles. The van der Waals surface area contributed by atoms with Crippen molar-refractivity contribution < 1.29 is 14.4 Å². The van der Waals surface area contributed by atoms with Crippen LogP contribution in [0.1, 0.15) is 20.7 Å². The first-order valence-corrected chi connectivity index (χ1v) is 6.74. The van der Waals surface area contributed by atoms with E-state index in [1.54, 1.807) is 30.3 Å². The molecule has 4 amide bonds. The van der Waals surface area contributed by atoms with Crippen LogP contribution in [0.5, 0.6) is 0 Å². The zero-order chi connectivity index (χ0) is 15.7. The van der Waals surface area contributed by atoms with Crippen LogP contribution >= 0.6 is 11.6 Å². The van der Waals surface area contributed by atoms with E-state index in [2.05, 4.69) is 16.0 Å². The summed E-state index contributed by atoms with van der Waals surface area (Å²) in [6, 6.07) is 10.7. The molecule has 22 heavy (non-hydrogen) atoms. The van der Waals surface area contributed by atoms with E-state index < -0.39 is 17.8 Å². The van der Waals surface area contributed by atoms with Crippen LogP contribution in [-0.2, 0) is 0 Å². The van der Waals surface area contributed by atoms with Gasteiger partial charge in [0.1, 0.15) is 0 Å². The summed E-state index contributed by atoms with van der Waals surface area (Å²) < 4.78 is 0. The van der Waals surface area contributed by atoms with Crippen molar-refractivity contribution in [3.05, 3.63) is 58.6 Å². The lowest BCUT2D eigenvalue weighted by Crippen LogP contribution is -2.20. The van der Waals surface area contributed by atoms with Crippen LogP contribution in [0, 0.1) is 0 Å². The minimum Gasteiger partial charge on any atom is -0.308 e. The van der Waals surface area contributed by atoms with Gasteiger partial charge < -0.3 is 10.6 Å². The molecule has 0 unspecified atom stereocenters. The summed E-state index contributed by atoms with van der Waals surface area (Å²) in [6.45, 7) is 0. The van der Waals surface area contributed by atoms with Crippen LogP contribution in [0.4, 0.5) is 16.2 Å². The molecule has 0 aliphatic carbocycles. The summed E-state index contributed by atoms with van der Waals surface area (Å²) in [6.07, 6.45) is 0. The lowest BCUT2D eigenvalue weighted by Gasteiger charge is -2.08. The molecule has 0 atom stereocenters. The van der Waals surface area contributed by atoms with Crippen molar-refractivity contribution in [3.63, 3.8) is 0 Å². The van der Waals surface area contributed by atoms with E-state index in [1.165, 1.54) is 12.1 Å². The second-order valence-corrected chi connectivity index (χ2v) is 5.07. The quantitative estimate of drug-likeness (QED) is 0.745. The van der Waals surface area contributed by atoms with Crippen molar-refractivity contribution in [2.75, 3.05) is 10.6 Å². The minimum absolute atomic E-state index is 0.241. The smallest absolute Gasteiger partial charge is 0.308 e. The first-order valence-electron chi connectivity index (χ1n) is 6.36. The van der Waals surface area contributed by atoms with Crippen LogP contribution in [0.15, 0.2) is 42.5 Å². The third kappa shape index (κ3) is 2.77. The summed E-state index contributed by atoms with van der Waals surface area (Å²) in [5.74, 6) is -0.908. The van der Waals surface area contributed by atoms with E-state index in [0.717, 1.165) is 0 Å². The number of nitrogens with one attached hydrogen (secondary N) is 3. The summed E-state index contributed by atoms with van der Waals surface area (Å²) in [7, 11) is 0. The molecule has 1 aliphatic heterocycles. The van der Waals surface area contributed by atoms with Gasteiger partial charge in [0.25, 0.3) is 11.8 Å². The van der Waals surface area contributed by atoms with Gasteiger partial charge in [0.2, 0.25) is 0 Å². The highest BCUT2D eigenvalue weighted by Gasteiger charge is 2.26. The molecular formula is C15H10ClN3O3. The first kappa shape index (κ1) is 14.1. The Bertz CT molecular complexity index is 804. The van der Waals surface area contributed by atoms with Gasteiger partial charge in [-0.05, 0) is 36.4 Å². The maximum Gasteiger partial charge on any atom is 0.323 e. The minimum atomic E-state index is -0.480. The molecule has 3 rings (SSSR count). The Morgan fingerprint density at radius 2 is 1.59 bits per heavy atom. The highest BCUT2D eigenvalue weighted by atomic mass is 35.5. The Labute approximate surface area is 130 Å². The fourth-order valence-electron chi connectivity index (χ4n) is 2.11. The van der Waals surface area contributed by atoms with E-state index >= 15 is 0 Å².